The molecule has 0 bridgehead atoms. The summed E-state index contributed by atoms with van der Waals surface area (Å²) in [6.07, 6.45) is 5.48. The van der Waals surface area contributed by atoms with E-state index in [9.17, 15) is 0 Å². The molecule has 3 aromatic rings. The fourth-order valence-corrected chi connectivity index (χ4v) is 2.69. The summed E-state index contributed by atoms with van der Waals surface area (Å²) in [6.45, 7) is 2.10. The molecule has 0 aliphatic carbocycles. The minimum atomic E-state index is 0.114. The summed E-state index contributed by atoms with van der Waals surface area (Å²) >= 11 is 3.57. The van der Waals surface area contributed by atoms with Gasteiger partial charge in [0.2, 0.25) is 0 Å². The van der Waals surface area contributed by atoms with Crippen molar-refractivity contribution in [1.82, 2.24) is 20.0 Å². The number of nitrogens with zero attached hydrogens (tertiary/aromatic N) is 4. The number of halogens is 1. The van der Waals surface area contributed by atoms with Gasteiger partial charge in [-0.15, -0.1) is 5.10 Å². The maximum Gasteiger partial charge on any atom is 0.114 e. The van der Waals surface area contributed by atoms with E-state index in [0.29, 0.717) is 0 Å². The van der Waals surface area contributed by atoms with Crippen LogP contribution in [0.15, 0.2) is 59.5 Å². The zero-order valence-corrected chi connectivity index (χ0v) is 12.5. The van der Waals surface area contributed by atoms with E-state index in [1.54, 1.807) is 12.4 Å². The number of aromatic nitrogens is 4. The van der Waals surface area contributed by atoms with Crippen molar-refractivity contribution in [3.8, 4) is 11.3 Å². The van der Waals surface area contributed by atoms with Crippen LogP contribution in [-0.2, 0) is 0 Å². The maximum absolute atomic E-state index is 4.23. The van der Waals surface area contributed by atoms with Crippen molar-refractivity contribution in [1.29, 1.82) is 0 Å². The Bertz CT molecular complexity index is 709. The first-order valence-electron chi connectivity index (χ1n) is 6.32. The quantitative estimate of drug-likeness (QED) is 0.736. The Morgan fingerprint density at radius 1 is 1.15 bits per heavy atom. The van der Waals surface area contributed by atoms with Gasteiger partial charge in [-0.05, 0) is 30.7 Å². The molecular formula is C15H13BrN4. The lowest BCUT2D eigenvalue weighted by molar-refractivity contribution is 0.541. The van der Waals surface area contributed by atoms with Crippen molar-refractivity contribution in [3.05, 3.63) is 65.0 Å². The van der Waals surface area contributed by atoms with Crippen LogP contribution in [0.5, 0.6) is 0 Å². The van der Waals surface area contributed by atoms with Crippen LogP contribution in [0.2, 0.25) is 0 Å². The van der Waals surface area contributed by atoms with Gasteiger partial charge in [0.15, 0.2) is 0 Å². The first-order chi connectivity index (χ1) is 9.75. The summed E-state index contributed by atoms with van der Waals surface area (Å²) in [5.74, 6) is 0. The van der Waals surface area contributed by atoms with Crippen molar-refractivity contribution in [2.24, 2.45) is 0 Å². The summed E-state index contributed by atoms with van der Waals surface area (Å²) in [5, 5.41) is 8.45. The number of benzene rings is 1. The normalized spacial score (nSPS) is 12.3. The van der Waals surface area contributed by atoms with Gasteiger partial charge >= 0.3 is 0 Å². The zero-order valence-electron chi connectivity index (χ0n) is 10.9. The smallest absolute Gasteiger partial charge is 0.114 e. The third-order valence-corrected chi connectivity index (χ3v) is 3.94. The number of pyridine rings is 1. The van der Waals surface area contributed by atoms with E-state index >= 15 is 0 Å². The summed E-state index contributed by atoms with van der Waals surface area (Å²) in [7, 11) is 0. The monoisotopic (exact) mass is 328 g/mol. The summed E-state index contributed by atoms with van der Waals surface area (Å²) < 4.78 is 2.94. The van der Waals surface area contributed by atoms with E-state index in [2.05, 4.69) is 44.2 Å². The van der Waals surface area contributed by atoms with Gasteiger partial charge in [0.25, 0.3) is 0 Å². The molecule has 0 fully saturated rings. The Kier molecular flexibility index (Phi) is 3.60. The molecule has 0 radical (unpaired) electrons. The molecule has 1 atom stereocenters. The van der Waals surface area contributed by atoms with Gasteiger partial charge < -0.3 is 0 Å². The highest BCUT2D eigenvalue weighted by Crippen LogP contribution is 2.26. The van der Waals surface area contributed by atoms with Crippen LogP contribution in [0.1, 0.15) is 18.5 Å². The highest BCUT2D eigenvalue weighted by atomic mass is 79.9. The molecule has 0 saturated heterocycles. The largest absolute Gasteiger partial charge is 0.264 e. The molecule has 0 aliphatic rings. The average molecular weight is 329 g/mol. The minimum absolute atomic E-state index is 0.114. The van der Waals surface area contributed by atoms with Gasteiger partial charge in [-0.2, -0.15) is 0 Å². The molecule has 0 saturated carbocycles. The Hall–Kier alpha value is -2.01. The molecule has 0 N–H and O–H groups in total. The van der Waals surface area contributed by atoms with Gasteiger partial charge in [-0.25, -0.2) is 4.68 Å². The lowest BCUT2D eigenvalue weighted by Crippen LogP contribution is -2.08. The second-order valence-electron chi connectivity index (χ2n) is 4.52. The number of hydrogen-bond donors (Lipinski definition) is 0. The van der Waals surface area contributed by atoms with Crippen LogP contribution >= 0.6 is 15.9 Å². The molecule has 2 heterocycles. The molecule has 0 aliphatic heterocycles. The molecular weight excluding hydrogens is 316 g/mol. The molecule has 100 valence electrons. The lowest BCUT2D eigenvalue weighted by Gasteiger charge is -2.13. The molecule has 5 heteroatoms. The van der Waals surface area contributed by atoms with Crippen LogP contribution in [0.25, 0.3) is 11.3 Å². The van der Waals surface area contributed by atoms with Crippen molar-refractivity contribution >= 4 is 15.9 Å². The second-order valence-corrected chi connectivity index (χ2v) is 5.38. The maximum atomic E-state index is 4.23. The standard InChI is InChI=1S/C15H13BrN4/c1-11(13-6-2-3-7-14(13)16)20-10-15(18-19-20)12-5-4-8-17-9-12/h2-11H,1H3/t11-/m1/s1. The highest BCUT2D eigenvalue weighted by Gasteiger charge is 2.13. The predicted octanol–water partition coefficient (Wildman–Crippen LogP) is 3.71. The fraction of sp³-hybridized carbons (Fsp3) is 0.133. The predicted molar refractivity (Wildman–Crippen MR) is 81.2 cm³/mol. The molecule has 0 spiro atoms. The van der Waals surface area contributed by atoms with E-state index in [-0.39, 0.29) is 6.04 Å². The van der Waals surface area contributed by atoms with E-state index in [0.717, 1.165) is 15.7 Å². The molecule has 3 rings (SSSR count). The van der Waals surface area contributed by atoms with Crippen LogP contribution < -0.4 is 0 Å². The van der Waals surface area contributed by atoms with Gasteiger partial charge in [-0.3, -0.25) is 4.98 Å². The Morgan fingerprint density at radius 2 is 2.00 bits per heavy atom. The van der Waals surface area contributed by atoms with Crippen LogP contribution in [0.3, 0.4) is 0 Å². The van der Waals surface area contributed by atoms with E-state index < -0.39 is 0 Å². The van der Waals surface area contributed by atoms with Crippen molar-refractivity contribution in [3.63, 3.8) is 0 Å². The van der Waals surface area contributed by atoms with Crippen molar-refractivity contribution in [2.45, 2.75) is 13.0 Å². The SMILES string of the molecule is C[C@H](c1ccccc1Br)n1cc(-c2cccnc2)nn1. The molecule has 4 nitrogen and oxygen atoms in total. The van der Waals surface area contributed by atoms with Crippen LogP contribution in [-0.4, -0.2) is 20.0 Å². The molecule has 2 aromatic heterocycles. The Balaban J connectivity index is 1.93. The second kappa shape index (κ2) is 5.54. The molecule has 0 unspecified atom stereocenters. The van der Waals surface area contributed by atoms with Gasteiger partial charge in [0.1, 0.15) is 5.69 Å². The zero-order chi connectivity index (χ0) is 13.9. The Morgan fingerprint density at radius 3 is 2.75 bits per heavy atom. The van der Waals surface area contributed by atoms with Gasteiger partial charge in [0, 0.05) is 22.4 Å². The van der Waals surface area contributed by atoms with Gasteiger partial charge in [-0.1, -0.05) is 39.3 Å². The first kappa shape index (κ1) is 13.0. The number of rotatable bonds is 3. The average Bonchev–Trinajstić information content (AvgIpc) is 2.98. The minimum Gasteiger partial charge on any atom is -0.264 e. The summed E-state index contributed by atoms with van der Waals surface area (Å²) in [5.41, 5.74) is 2.98. The third kappa shape index (κ3) is 2.49. The highest BCUT2D eigenvalue weighted by molar-refractivity contribution is 9.10. The van der Waals surface area contributed by atoms with E-state index in [1.807, 2.05) is 41.2 Å². The van der Waals surface area contributed by atoms with E-state index in [4.69, 9.17) is 0 Å². The summed E-state index contributed by atoms with van der Waals surface area (Å²) in [6, 6.07) is 12.1. The molecule has 20 heavy (non-hydrogen) atoms. The van der Waals surface area contributed by atoms with Crippen molar-refractivity contribution < 1.29 is 0 Å². The molecule has 0 amide bonds. The summed E-state index contributed by atoms with van der Waals surface area (Å²) in [4.78, 5) is 4.10. The lowest BCUT2D eigenvalue weighted by atomic mass is 10.1. The topological polar surface area (TPSA) is 43.6 Å². The Labute approximate surface area is 125 Å². The van der Waals surface area contributed by atoms with Crippen molar-refractivity contribution in [2.75, 3.05) is 0 Å². The third-order valence-electron chi connectivity index (χ3n) is 3.22. The fourth-order valence-electron chi connectivity index (χ4n) is 2.07. The van der Waals surface area contributed by atoms with Crippen LogP contribution in [0, 0.1) is 0 Å². The van der Waals surface area contributed by atoms with E-state index in [1.165, 1.54) is 5.56 Å². The van der Waals surface area contributed by atoms with Crippen LogP contribution in [0.4, 0.5) is 0 Å². The number of hydrogen-bond acceptors (Lipinski definition) is 3. The first-order valence-corrected chi connectivity index (χ1v) is 7.11. The molecule has 1 aromatic carbocycles. The van der Waals surface area contributed by atoms with Gasteiger partial charge in [0.05, 0.1) is 12.2 Å².